The Morgan fingerprint density at radius 3 is 2.28 bits per heavy atom. The minimum atomic E-state index is 0.0637. The number of ether oxygens (including phenoxy) is 1. The van der Waals surface area contributed by atoms with Gasteiger partial charge in [0.2, 0.25) is 0 Å². The van der Waals surface area contributed by atoms with Gasteiger partial charge < -0.3 is 4.74 Å². The predicted octanol–water partition coefficient (Wildman–Crippen LogP) is 8.07. The molecular formula is C28H34O. The lowest BCUT2D eigenvalue weighted by molar-refractivity contribution is 0.119. The molecule has 0 N–H and O–H groups in total. The van der Waals surface area contributed by atoms with E-state index in [9.17, 15) is 0 Å². The van der Waals surface area contributed by atoms with Crippen molar-refractivity contribution in [2.75, 3.05) is 6.61 Å². The topological polar surface area (TPSA) is 9.23 Å². The normalized spacial score (nSPS) is 17.0. The van der Waals surface area contributed by atoms with E-state index in [1.807, 2.05) is 0 Å². The first-order valence-corrected chi connectivity index (χ1v) is 11.1. The Morgan fingerprint density at radius 2 is 1.62 bits per heavy atom. The van der Waals surface area contributed by atoms with Crippen molar-refractivity contribution in [3.63, 3.8) is 0 Å². The van der Waals surface area contributed by atoms with Crippen LogP contribution in [0.2, 0.25) is 0 Å². The van der Waals surface area contributed by atoms with Gasteiger partial charge in [-0.25, -0.2) is 0 Å². The summed E-state index contributed by atoms with van der Waals surface area (Å²) in [5.74, 6) is 0. The molecule has 29 heavy (non-hydrogen) atoms. The van der Waals surface area contributed by atoms with Crippen molar-refractivity contribution >= 4 is 5.57 Å². The fourth-order valence-corrected chi connectivity index (χ4v) is 3.99. The molecule has 152 valence electrons. The maximum atomic E-state index is 6.38. The summed E-state index contributed by atoms with van der Waals surface area (Å²) >= 11 is 0. The first-order chi connectivity index (χ1) is 14.2. The molecular weight excluding hydrogens is 352 g/mol. The first kappa shape index (κ1) is 21.3. The highest BCUT2D eigenvalue weighted by atomic mass is 16.5. The Morgan fingerprint density at radius 1 is 0.966 bits per heavy atom. The smallest absolute Gasteiger partial charge is 0.105 e. The second-order valence-corrected chi connectivity index (χ2v) is 7.89. The Kier molecular flexibility index (Phi) is 8.07. The summed E-state index contributed by atoms with van der Waals surface area (Å²) in [6, 6.07) is 21.4. The van der Waals surface area contributed by atoms with E-state index >= 15 is 0 Å². The van der Waals surface area contributed by atoms with Gasteiger partial charge in [0.25, 0.3) is 0 Å². The third-order valence-corrected chi connectivity index (χ3v) is 5.61. The fourth-order valence-electron chi connectivity index (χ4n) is 3.99. The van der Waals surface area contributed by atoms with Crippen LogP contribution in [0.25, 0.3) is 5.57 Å². The first-order valence-electron chi connectivity index (χ1n) is 11.1. The van der Waals surface area contributed by atoms with Crippen molar-refractivity contribution in [1.29, 1.82) is 0 Å². The van der Waals surface area contributed by atoms with E-state index in [1.54, 1.807) is 0 Å². The Bertz CT molecular complexity index is 842. The maximum absolute atomic E-state index is 6.38. The molecule has 2 aromatic carbocycles. The number of unbranched alkanes of at least 4 members (excludes halogenated alkanes) is 2. The quantitative estimate of drug-likeness (QED) is 0.375. The second-order valence-electron chi connectivity index (χ2n) is 7.89. The lowest BCUT2D eigenvalue weighted by atomic mass is 9.88. The lowest BCUT2D eigenvalue weighted by Gasteiger charge is -2.16. The molecule has 0 bridgehead atoms. The molecule has 0 aromatic heterocycles. The average Bonchev–Trinajstić information content (AvgIpc) is 3.19. The monoisotopic (exact) mass is 386 g/mol. The van der Waals surface area contributed by atoms with Crippen molar-refractivity contribution in [3.05, 3.63) is 101 Å². The molecule has 0 saturated heterocycles. The van der Waals surface area contributed by atoms with Gasteiger partial charge in [-0.15, -0.1) is 0 Å². The van der Waals surface area contributed by atoms with Crippen LogP contribution in [-0.2, 0) is 4.74 Å². The zero-order chi connectivity index (χ0) is 20.5. The van der Waals surface area contributed by atoms with Crippen molar-refractivity contribution in [2.24, 2.45) is 0 Å². The average molecular weight is 387 g/mol. The highest BCUT2D eigenvalue weighted by molar-refractivity contribution is 5.82. The zero-order valence-corrected chi connectivity index (χ0v) is 18.0. The van der Waals surface area contributed by atoms with Crippen molar-refractivity contribution in [3.8, 4) is 0 Å². The Balaban J connectivity index is 2.05. The van der Waals surface area contributed by atoms with Crippen LogP contribution in [0.4, 0.5) is 0 Å². The summed E-state index contributed by atoms with van der Waals surface area (Å²) < 4.78 is 6.38. The highest BCUT2D eigenvalue weighted by Crippen LogP contribution is 2.42. The number of benzene rings is 2. The molecule has 0 amide bonds. The van der Waals surface area contributed by atoms with Crippen LogP contribution in [0.1, 0.15) is 69.6 Å². The minimum absolute atomic E-state index is 0.0637. The van der Waals surface area contributed by atoms with E-state index in [-0.39, 0.29) is 6.10 Å². The van der Waals surface area contributed by atoms with Crippen LogP contribution in [0.5, 0.6) is 0 Å². The van der Waals surface area contributed by atoms with E-state index in [1.165, 1.54) is 59.1 Å². The second kappa shape index (κ2) is 11.0. The van der Waals surface area contributed by atoms with Gasteiger partial charge in [0, 0.05) is 0 Å². The molecule has 1 heterocycles. The molecule has 2 aromatic rings. The molecule has 0 radical (unpaired) electrons. The third kappa shape index (κ3) is 5.58. The highest BCUT2D eigenvalue weighted by Gasteiger charge is 2.29. The van der Waals surface area contributed by atoms with Crippen LogP contribution < -0.4 is 0 Å². The number of rotatable bonds is 10. The molecule has 3 rings (SSSR count). The van der Waals surface area contributed by atoms with Gasteiger partial charge >= 0.3 is 0 Å². The van der Waals surface area contributed by atoms with Gasteiger partial charge in [-0.1, -0.05) is 106 Å². The SMILES string of the molecule is C=C(/C=C(/C1=C(CCCC)C(c2ccccc2)OC1)c1ccccc1)CCCC. The predicted molar refractivity (Wildman–Crippen MR) is 125 cm³/mol. The van der Waals surface area contributed by atoms with E-state index in [0.717, 1.165) is 12.8 Å². The van der Waals surface area contributed by atoms with Crippen LogP contribution >= 0.6 is 0 Å². The molecule has 1 unspecified atom stereocenters. The molecule has 0 aliphatic carbocycles. The molecule has 1 heteroatoms. The summed E-state index contributed by atoms with van der Waals surface area (Å²) in [7, 11) is 0. The number of allylic oxidation sites excluding steroid dienone is 2. The Labute approximate surface area is 176 Å². The van der Waals surface area contributed by atoms with Gasteiger partial charge in [-0.3, -0.25) is 0 Å². The molecule has 0 spiro atoms. The van der Waals surface area contributed by atoms with E-state index < -0.39 is 0 Å². The molecule has 0 saturated carbocycles. The maximum Gasteiger partial charge on any atom is 0.105 e. The molecule has 1 aliphatic heterocycles. The van der Waals surface area contributed by atoms with Gasteiger partial charge in [0.1, 0.15) is 6.10 Å². The largest absolute Gasteiger partial charge is 0.364 e. The summed E-state index contributed by atoms with van der Waals surface area (Å²) in [4.78, 5) is 0. The zero-order valence-electron chi connectivity index (χ0n) is 18.0. The summed E-state index contributed by atoms with van der Waals surface area (Å²) in [6.45, 7) is 9.51. The van der Waals surface area contributed by atoms with Gasteiger partial charge in [0.15, 0.2) is 0 Å². The Hall–Kier alpha value is -2.38. The standard InChI is InChI=1S/C28H34O/c1-4-6-14-22(3)20-26(23-15-10-8-11-16-23)27-21-29-28(25(27)19-7-5-2)24-17-12-9-13-18-24/h8-13,15-18,20,28H,3-7,14,19,21H2,1-2H3/b26-20+. The number of hydrogen-bond donors (Lipinski definition) is 0. The van der Waals surface area contributed by atoms with Crippen LogP contribution in [-0.4, -0.2) is 6.61 Å². The van der Waals surface area contributed by atoms with Gasteiger partial charge in [-0.2, -0.15) is 0 Å². The molecule has 0 fully saturated rings. The fraction of sp³-hybridized carbons (Fsp3) is 0.357. The van der Waals surface area contributed by atoms with Crippen molar-refractivity contribution < 1.29 is 4.74 Å². The van der Waals surface area contributed by atoms with E-state index in [2.05, 4.69) is 87.2 Å². The summed E-state index contributed by atoms with van der Waals surface area (Å²) in [6.07, 6.45) is 9.25. The molecule has 1 nitrogen and oxygen atoms in total. The summed E-state index contributed by atoms with van der Waals surface area (Å²) in [5.41, 5.74) is 7.80. The third-order valence-electron chi connectivity index (χ3n) is 5.61. The van der Waals surface area contributed by atoms with Crippen LogP contribution in [0.3, 0.4) is 0 Å². The van der Waals surface area contributed by atoms with Gasteiger partial charge in [0.05, 0.1) is 6.61 Å². The number of hydrogen-bond acceptors (Lipinski definition) is 1. The van der Waals surface area contributed by atoms with Crippen LogP contribution in [0.15, 0.2) is 90.0 Å². The molecule has 1 atom stereocenters. The summed E-state index contributed by atoms with van der Waals surface area (Å²) in [5, 5.41) is 0. The minimum Gasteiger partial charge on any atom is -0.364 e. The van der Waals surface area contributed by atoms with Crippen LogP contribution in [0, 0.1) is 0 Å². The van der Waals surface area contributed by atoms with Crippen molar-refractivity contribution in [1.82, 2.24) is 0 Å². The van der Waals surface area contributed by atoms with Gasteiger partial charge in [-0.05, 0) is 53.5 Å². The molecule has 1 aliphatic rings. The van der Waals surface area contributed by atoms with Crippen molar-refractivity contribution in [2.45, 2.75) is 58.5 Å². The lowest BCUT2D eigenvalue weighted by Crippen LogP contribution is -2.01. The van der Waals surface area contributed by atoms with E-state index in [4.69, 9.17) is 4.74 Å². The van der Waals surface area contributed by atoms with E-state index in [0.29, 0.717) is 6.61 Å².